The Kier molecular flexibility index (Phi) is 4.62. The van der Waals surface area contributed by atoms with Crippen LogP contribution in [0.15, 0.2) is 24.3 Å². The summed E-state index contributed by atoms with van der Waals surface area (Å²) in [6.07, 6.45) is 1.25. The number of rotatable bonds is 5. The first-order valence-electron chi connectivity index (χ1n) is 8.19. The molecule has 1 aromatic carbocycles. The number of piperidine rings is 1. The molecule has 3 amide bonds. The average molecular weight is 333 g/mol. The van der Waals surface area contributed by atoms with Gasteiger partial charge in [0.1, 0.15) is 23.6 Å². The van der Waals surface area contributed by atoms with Gasteiger partial charge in [0.05, 0.1) is 13.2 Å². The van der Waals surface area contributed by atoms with E-state index in [-0.39, 0.29) is 24.6 Å². The van der Waals surface area contributed by atoms with Crippen molar-refractivity contribution in [2.24, 2.45) is 0 Å². The molecule has 2 heterocycles. The van der Waals surface area contributed by atoms with Crippen LogP contribution >= 0.6 is 0 Å². The van der Waals surface area contributed by atoms with E-state index in [0.717, 1.165) is 13.1 Å². The summed E-state index contributed by atoms with van der Waals surface area (Å²) in [6.45, 7) is 3.52. The molecule has 0 aliphatic carbocycles. The zero-order chi connectivity index (χ0) is 17.2. The van der Waals surface area contributed by atoms with Crippen molar-refractivity contribution in [3.05, 3.63) is 24.3 Å². The van der Waals surface area contributed by atoms with Crippen molar-refractivity contribution >= 4 is 11.9 Å². The lowest BCUT2D eigenvalue weighted by atomic mass is 9.88. The quantitative estimate of drug-likeness (QED) is 0.790. The first-order valence-corrected chi connectivity index (χ1v) is 8.19. The molecule has 0 aromatic heterocycles. The molecule has 0 bridgehead atoms. The summed E-state index contributed by atoms with van der Waals surface area (Å²) in [5.74, 6) is 1.20. The third-order valence-corrected chi connectivity index (χ3v) is 4.62. The number of ether oxygens (including phenoxy) is 2. The maximum absolute atomic E-state index is 12.8. The summed E-state index contributed by atoms with van der Waals surface area (Å²) in [4.78, 5) is 26.4. The molecule has 2 N–H and O–H groups in total. The summed E-state index contributed by atoms with van der Waals surface area (Å²) in [7, 11) is 1.59. The third kappa shape index (κ3) is 3.03. The van der Waals surface area contributed by atoms with Crippen molar-refractivity contribution in [1.29, 1.82) is 0 Å². The topological polar surface area (TPSA) is 79.9 Å². The normalized spacial score (nSPS) is 20.8. The number of hydrogen-bond acceptors (Lipinski definition) is 5. The van der Waals surface area contributed by atoms with E-state index in [1.165, 1.54) is 4.90 Å². The highest BCUT2D eigenvalue weighted by Crippen LogP contribution is 2.28. The predicted octanol–water partition coefficient (Wildman–Crippen LogP) is 1.14. The Labute approximate surface area is 141 Å². The van der Waals surface area contributed by atoms with Gasteiger partial charge in [-0.25, -0.2) is 4.79 Å². The minimum Gasteiger partial charge on any atom is -0.497 e. The fourth-order valence-electron chi connectivity index (χ4n) is 3.22. The Balaban J connectivity index is 1.65. The minimum absolute atomic E-state index is 0.143. The van der Waals surface area contributed by atoms with Gasteiger partial charge in [0.2, 0.25) is 0 Å². The van der Waals surface area contributed by atoms with Gasteiger partial charge in [-0.15, -0.1) is 0 Å². The van der Waals surface area contributed by atoms with E-state index in [9.17, 15) is 9.59 Å². The number of methoxy groups -OCH3 is 1. The standard InChI is InChI=1S/C17H23N3O4/c1-12(11-24-14-5-3-4-13(10-14)23-2)20-15(21)17(19-16(20)22)6-8-18-9-7-17/h3-5,10,12,18H,6-9,11H2,1-2H3,(H,19,22). The molecule has 1 spiro atoms. The van der Waals surface area contributed by atoms with E-state index in [4.69, 9.17) is 9.47 Å². The Hall–Kier alpha value is -2.28. The van der Waals surface area contributed by atoms with Crippen LogP contribution in [-0.2, 0) is 4.79 Å². The van der Waals surface area contributed by atoms with Crippen molar-refractivity contribution in [3.8, 4) is 11.5 Å². The van der Waals surface area contributed by atoms with Gasteiger partial charge in [0, 0.05) is 6.07 Å². The van der Waals surface area contributed by atoms with Crippen LogP contribution in [0.5, 0.6) is 11.5 Å². The van der Waals surface area contributed by atoms with Gasteiger partial charge < -0.3 is 20.1 Å². The maximum atomic E-state index is 12.8. The van der Waals surface area contributed by atoms with Gasteiger partial charge in [-0.3, -0.25) is 9.69 Å². The molecular weight excluding hydrogens is 310 g/mol. The lowest BCUT2D eigenvalue weighted by Gasteiger charge is -2.31. The molecule has 0 saturated carbocycles. The molecule has 1 aromatic rings. The smallest absolute Gasteiger partial charge is 0.325 e. The van der Waals surface area contributed by atoms with E-state index >= 15 is 0 Å². The molecule has 7 heteroatoms. The van der Waals surface area contributed by atoms with Crippen LogP contribution in [0, 0.1) is 0 Å². The molecule has 1 unspecified atom stereocenters. The van der Waals surface area contributed by atoms with E-state index in [1.54, 1.807) is 13.2 Å². The van der Waals surface area contributed by atoms with Gasteiger partial charge in [-0.1, -0.05) is 6.07 Å². The van der Waals surface area contributed by atoms with Gasteiger partial charge >= 0.3 is 6.03 Å². The Morgan fingerprint density at radius 3 is 2.67 bits per heavy atom. The van der Waals surface area contributed by atoms with Crippen molar-refractivity contribution in [2.75, 3.05) is 26.8 Å². The van der Waals surface area contributed by atoms with E-state index in [0.29, 0.717) is 24.3 Å². The van der Waals surface area contributed by atoms with Crippen LogP contribution in [0.3, 0.4) is 0 Å². The second-order valence-electron chi connectivity index (χ2n) is 6.28. The Morgan fingerprint density at radius 2 is 1.96 bits per heavy atom. The summed E-state index contributed by atoms with van der Waals surface area (Å²) in [6, 6.07) is 6.56. The van der Waals surface area contributed by atoms with Crippen molar-refractivity contribution in [1.82, 2.24) is 15.5 Å². The van der Waals surface area contributed by atoms with Crippen LogP contribution in [0.2, 0.25) is 0 Å². The van der Waals surface area contributed by atoms with Gasteiger partial charge in [0.25, 0.3) is 5.91 Å². The van der Waals surface area contributed by atoms with E-state index < -0.39 is 5.54 Å². The lowest BCUT2D eigenvalue weighted by molar-refractivity contribution is -0.133. The predicted molar refractivity (Wildman–Crippen MR) is 88.2 cm³/mol. The largest absolute Gasteiger partial charge is 0.497 e. The SMILES string of the molecule is COc1cccc(OCC(C)N2C(=O)NC3(CCNCC3)C2=O)c1. The van der Waals surface area contributed by atoms with Crippen molar-refractivity contribution in [2.45, 2.75) is 31.3 Å². The molecule has 130 valence electrons. The zero-order valence-electron chi connectivity index (χ0n) is 14.0. The van der Waals surface area contributed by atoms with E-state index in [1.807, 2.05) is 25.1 Å². The number of carbonyl (C=O) groups excluding carboxylic acids is 2. The lowest BCUT2D eigenvalue weighted by Crippen LogP contribution is -2.54. The highest BCUT2D eigenvalue weighted by molar-refractivity contribution is 6.07. The first kappa shape index (κ1) is 16.6. The first-order chi connectivity index (χ1) is 11.6. The molecule has 3 rings (SSSR count). The summed E-state index contributed by atoms with van der Waals surface area (Å²) < 4.78 is 10.9. The van der Waals surface area contributed by atoms with E-state index in [2.05, 4.69) is 10.6 Å². The fraction of sp³-hybridized carbons (Fsp3) is 0.529. The van der Waals surface area contributed by atoms with Crippen LogP contribution < -0.4 is 20.1 Å². The van der Waals surface area contributed by atoms with Crippen molar-refractivity contribution in [3.63, 3.8) is 0 Å². The highest BCUT2D eigenvalue weighted by atomic mass is 16.5. The number of amides is 3. The molecule has 2 aliphatic rings. The molecule has 24 heavy (non-hydrogen) atoms. The average Bonchev–Trinajstić information content (AvgIpc) is 2.83. The summed E-state index contributed by atoms with van der Waals surface area (Å²) in [5.41, 5.74) is -0.743. The summed E-state index contributed by atoms with van der Waals surface area (Å²) >= 11 is 0. The second kappa shape index (κ2) is 6.68. The minimum atomic E-state index is -0.743. The Morgan fingerprint density at radius 1 is 1.25 bits per heavy atom. The monoisotopic (exact) mass is 333 g/mol. The molecule has 2 aliphatic heterocycles. The second-order valence-corrected chi connectivity index (χ2v) is 6.28. The molecular formula is C17H23N3O4. The van der Waals surface area contributed by atoms with Crippen molar-refractivity contribution < 1.29 is 19.1 Å². The van der Waals surface area contributed by atoms with Gasteiger partial charge in [-0.05, 0) is 45.0 Å². The number of hydrogen-bond donors (Lipinski definition) is 2. The number of carbonyl (C=O) groups is 2. The number of urea groups is 1. The van der Waals surface area contributed by atoms with Crippen LogP contribution in [0.25, 0.3) is 0 Å². The summed E-state index contributed by atoms with van der Waals surface area (Å²) in [5, 5.41) is 6.10. The molecule has 2 fully saturated rings. The molecule has 0 radical (unpaired) electrons. The van der Waals surface area contributed by atoms with Crippen LogP contribution in [0.1, 0.15) is 19.8 Å². The molecule has 1 atom stereocenters. The number of nitrogens with one attached hydrogen (secondary N) is 2. The molecule has 7 nitrogen and oxygen atoms in total. The molecule has 2 saturated heterocycles. The van der Waals surface area contributed by atoms with Crippen LogP contribution in [0.4, 0.5) is 4.79 Å². The third-order valence-electron chi connectivity index (χ3n) is 4.62. The van der Waals surface area contributed by atoms with Crippen LogP contribution in [-0.4, -0.2) is 55.2 Å². The van der Waals surface area contributed by atoms with Gasteiger partial charge in [0.15, 0.2) is 0 Å². The number of benzene rings is 1. The fourth-order valence-corrected chi connectivity index (χ4v) is 3.22. The highest BCUT2D eigenvalue weighted by Gasteiger charge is 2.52. The maximum Gasteiger partial charge on any atom is 0.325 e. The number of imide groups is 1. The number of nitrogens with zero attached hydrogens (tertiary/aromatic N) is 1. The zero-order valence-corrected chi connectivity index (χ0v) is 14.0. The van der Waals surface area contributed by atoms with Gasteiger partial charge in [-0.2, -0.15) is 0 Å². The Bertz CT molecular complexity index is 628.